The summed E-state index contributed by atoms with van der Waals surface area (Å²) in [5.41, 5.74) is 8.23. The van der Waals surface area contributed by atoms with E-state index in [-0.39, 0.29) is 5.97 Å². The largest absolute Gasteiger partial charge is 0.462 e. The highest BCUT2D eigenvalue weighted by Gasteiger charge is 2.34. The van der Waals surface area contributed by atoms with E-state index in [1.807, 2.05) is 6.07 Å². The minimum Gasteiger partial charge on any atom is -0.462 e. The van der Waals surface area contributed by atoms with Gasteiger partial charge in [-0.25, -0.2) is 4.79 Å². The van der Waals surface area contributed by atoms with Crippen molar-refractivity contribution in [3.8, 4) is 0 Å². The van der Waals surface area contributed by atoms with Gasteiger partial charge in [-0.1, -0.05) is 0 Å². The minimum atomic E-state index is -0.301. The minimum absolute atomic E-state index is 0.291. The summed E-state index contributed by atoms with van der Waals surface area (Å²) in [6.45, 7) is 3.86. The van der Waals surface area contributed by atoms with Crippen LogP contribution >= 0.6 is 0 Å². The summed E-state index contributed by atoms with van der Waals surface area (Å²) in [5, 5.41) is 0. The first-order valence-electron chi connectivity index (χ1n) is 7.14. The van der Waals surface area contributed by atoms with Gasteiger partial charge in [-0.05, 0) is 38.0 Å². The molecule has 0 amide bonds. The molecule has 2 unspecified atom stereocenters. The zero-order valence-electron chi connectivity index (χ0n) is 11.7. The highest BCUT2D eigenvalue weighted by atomic mass is 16.5. The zero-order valence-corrected chi connectivity index (χ0v) is 11.7. The highest BCUT2D eigenvalue weighted by Crippen LogP contribution is 2.33. The third kappa shape index (κ3) is 2.45. The Morgan fingerprint density at radius 2 is 2.10 bits per heavy atom. The first-order valence-corrected chi connectivity index (χ1v) is 7.14. The van der Waals surface area contributed by atoms with Crippen LogP contribution in [0.2, 0.25) is 0 Å². The van der Waals surface area contributed by atoms with Gasteiger partial charge in [0.2, 0.25) is 0 Å². The van der Waals surface area contributed by atoms with Gasteiger partial charge in [0.15, 0.2) is 0 Å². The van der Waals surface area contributed by atoms with Crippen molar-refractivity contribution in [1.29, 1.82) is 0 Å². The summed E-state index contributed by atoms with van der Waals surface area (Å²) >= 11 is 0. The van der Waals surface area contributed by atoms with Crippen LogP contribution in [0.15, 0.2) is 18.2 Å². The van der Waals surface area contributed by atoms with Gasteiger partial charge in [0.05, 0.1) is 35.8 Å². The van der Waals surface area contributed by atoms with Crippen molar-refractivity contribution in [3.63, 3.8) is 0 Å². The number of nitrogen functional groups attached to an aromatic ring is 1. The van der Waals surface area contributed by atoms with Crippen molar-refractivity contribution < 1.29 is 14.3 Å². The van der Waals surface area contributed by atoms with E-state index in [0.29, 0.717) is 30.1 Å². The number of rotatable bonds is 3. The topological polar surface area (TPSA) is 64.8 Å². The first-order chi connectivity index (χ1) is 9.67. The number of hydrogen-bond donors (Lipinski definition) is 1. The normalized spacial score (nSPS) is 24.8. The smallest absolute Gasteiger partial charge is 0.338 e. The third-order valence-corrected chi connectivity index (χ3v) is 3.93. The number of anilines is 2. The second-order valence-electron chi connectivity index (χ2n) is 5.36. The van der Waals surface area contributed by atoms with E-state index in [0.717, 1.165) is 31.6 Å². The molecule has 0 radical (unpaired) electrons. The van der Waals surface area contributed by atoms with Gasteiger partial charge in [0.1, 0.15) is 0 Å². The molecular weight excluding hydrogens is 256 g/mol. The number of ether oxygens (including phenoxy) is 2. The van der Waals surface area contributed by atoms with E-state index in [1.54, 1.807) is 19.1 Å². The van der Waals surface area contributed by atoms with E-state index in [9.17, 15) is 4.79 Å². The van der Waals surface area contributed by atoms with Crippen molar-refractivity contribution in [2.45, 2.75) is 32.0 Å². The second-order valence-corrected chi connectivity index (χ2v) is 5.36. The molecule has 2 heterocycles. The summed E-state index contributed by atoms with van der Waals surface area (Å²) in [6, 6.07) is 5.32. The predicted molar refractivity (Wildman–Crippen MR) is 76.9 cm³/mol. The average molecular weight is 276 g/mol. The number of carbonyl (C=O) groups excluding carboxylic acids is 1. The number of benzene rings is 1. The lowest BCUT2D eigenvalue weighted by atomic mass is 10.1. The molecule has 2 bridgehead atoms. The van der Waals surface area contributed by atoms with Gasteiger partial charge in [-0.3, -0.25) is 0 Å². The number of nitrogens with zero attached hydrogens (tertiary/aromatic N) is 1. The molecule has 0 saturated carbocycles. The molecule has 5 nitrogen and oxygen atoms in total. The van der Waals surface area contributed by atoms with Gasteiger partial charge in [0, 0.05) is 13.1 Å². The number of nitrogens with two attached hydrogens (primary N) is 1. The Labute approximate surface area is 118 Å². The van der Waals surface area contributed by atoms with Crippen LogP contribution in [0, 0.1) is 0 Å². The van der Waals surface area contributed by atoms with Crippen LogP contribution in [0.3, 0.4) is 0 Å². The van der Waals surface area contributed by atoms with Gasteiger partial charge in [-0.15, -0.1) is 0 Å². The van der Waals surface area contributed by atoms with Crippen LogP contribution in [0.1, 0.15) is 30.1 Å². The fourth-order valence-electron chi connectivity index (χ4n) is 2.97. The molecule has 2 N–H and O–H groups in total. The summed E-state index contributed by atoms with van der Waals surface area (Å²) in [4.78, 5) is 14.1. The lowest BCUT2D eigenvalue weighted by Gasteiger charge is -2.34. The van der Waals surface area contributed by atoms with Crippen LogP contribution in [-0.2, 0) is 9.47 Å². The first kappa shape index (κ1) is 13.2. The summed E-state index contributed by atoms with van der Waals surface area (Å²) in [7, 11) is 0. The van der Waals surface area contributed by atoms with Gasteiger partial charge in [-0.2, -0.15) is 0 Å². The standard InChI is InChI=1S/C15H20N2O3/c1-2-19-15(18)10-3-6-13(16)14(7-10)17-8-11-4-5-12(9-17)20-11/h3,6-7,11-12H,2,4-5,8-9,16H2,1H3. The van der Waals surface area contributed by atoms with E-state index >= 15 is 0 Å². The monoisotopic (exact) mass is 276 g/mol. The van der Waals surface area contributed by atoms with Crippen LogP contribution in [0.4, 0.5) is 11.4 Å². The fourth-order valence-corrected chi connectivity index (χ4v) is 2.97. The van der Waals surface area contributed by atoms with Crippen molar-refractivity contribution in [2.75, 3.05) is 30.3 Å². The Hall–Kier alpha value is -1.75. The molecule has 20 heavy (non-hydrogen) atoms. The van der Waals surface area contributed by atoms with Crippen molar-refractivity contribution in [2.24, 2.45) is 0 Å². The van der Waals surface area contributed by atoms with Crippen LogP contribution in [-0.4, -0.2) is 37.9 Å². The molecule has 0 aromatic heterocycles. The Balaban J connectivity index is 1.85. The Morgan fingerprint density at radius 1 is 1.40 bits per heavy atom. The molecule has 2 aliphatic heterocycles. The van der Waals surface area contributed by atoms with Gasteiger partial charge < -0.3 is 20.1 Å². The molecule has 2 atom stereocenters. The zero-order chi connectivity index (χ0) is 14.1. The molecule has 3 rings (SSSR count). The number of hydrogen-bond acceptors (Lipinski definition) is 5. The fraction of sp³-hybridized carbons (Fsp3) is 0.533. The number of esters is 1. The molecule has 2 fully saturated rings. The van der Waals surface area contributed by atoms with E-state index < -0.39 is 0 Å². The van der Waals surface area contributed by atoms with E-state index in [1.165, 1.54) is 0 Å². The van der Waals surface area contributed by atoms with Crippen molar-refractivity contribution in [3.05, 3.63) is 23.8 Å². The second kappa shape index (κ2) is 5.32. The Morgan fingerprint density at radius 3 is 2.75 bits per heavy atom. The maximum Gasteiger partial charge on any atom is 0.338 e. The summed E-state index contributed by atoms with van der Waals surface area (Å²) < 4.78 is 10.9. The lowest BCUT2D eigenvalue weighted by molar-refractivity contribution is 0.0305. The Kier molecular flexibility index (Phi) is 3.53. The number of carbonyl (C=O) groups is 1. The molecule has 0 aliphatic carbocycles. The van der Waals surface area contributed by atoms with E-state index in [2.05, 4.69) is 4.90 Å². The average Bonchev–Trinajstić information content (AvgIpc) is 2.78. The number of morpholine rings is 1. The summed E-state index contributed by atoms with van der Waals surface area (Å²) in [5.74, 6) is -0.301. The molecule has 1 aromatic rings. The molecule has 0 spiro atoms. The molecule has 108 valence electrons. The maximum atomic E-state index is 11.8. The summed E-state index contributed by atoms with van der Waals surface area (Å²) in [6.07, 6.45) is 2.80. The van der Waals surface area contributed by atoms with Crippen molar-refractivity contribution >= 4 is 17.3 Å². The number of fused-ring (bicyclic) bond motifs is 2. The molecule has 2 saturated heterocycles. The van der Waals surface area contributed by atoms with Crippen molar-refractivity contribution in [1.82, 2.24) is 0 Å². The molecule has 1 aromatic carbocycles. The quantitative estimate of drug-likeness (QED) is 0.674. The highest BCUT2D eigenvalue weighted by molar-refractivity contribution is 5.92. The van der Waals surface area contributed by atoms with Crippen LogP contribution < -0.4 is 10.6 Å². The maximum absolute atomic E-state index is 11.8. The predicted octanol–water partition coefficient (Wildman–Crippen LogP) is 1.81. The van der Waals surface area contributed by atoms with Gasteiger partial charge >= 0.3 is 5.97 Å². The molecule has 2 aliphatic rings. The molecular formula is C15H20N2O3. The van der Waals surface area contributed by atoms with Gasteiger partial charge in [0.25, 0.3) is 0 Å². The lowest BCUT2D eigenvalue weighted by Crippen LogP contribution is -2.43. The Bertz CT molecular complexity index is 506. The SMILES string of the molecule is CCOC(=O)c1ccc(N)c(N2CC3CCC(C2)O3)c1. The third-order valence-electron chi connectivity index (χ3n) is 3.93. The van der Waals surface area contributed by atoms with E-state index in [4.69, 9.17) is 15.2 Å². The van der Waals surface area contributed by atoms with Crippen LogP contribution in [0.25, 0.3) is 0 Å². The molecule has 5 heteroatoms. The van der Waals surface area contributed by atoms with Crippen LogP contribution in [0.5, 0.6) is 0 Å².